The molecule has 0 aliphatic carbocycles. The summed E-state index contributed by atoms with van der Waals surface area (Å²) in [6.07, 6.45) is -3.64. The fraction of sp³-hybridized carbons (Fsp3) is 0.600. The minimum absolute atomic E-state index is 0.352. The maximum absolute atomic E-state index is 11.4. The van der Waals surface area contributed by atoms with Gasteiger partial charge in [0, 0.05) is 33.3 Å². The fourth-order valence-electron chi connectivity index (χ4n) is 2.39. The van der Waals surface area contributed by atoms with Gasteiger partial charge in [-0.05, 0) is 0 Å². The molecule has 9 heteroatoms. The SMILES string of the molecule is CCc1cc(C2OC(OC(C)=O)C(OC(C)=O)C2OC(C)=O)no1. The molecule has 132 valence electrons. The van der Waals surface area contributed by atoms with Crippen molar-refractivity contribution in [2.75, 3.05) is 0 Å². The Morgan fingerprint density at radius 2 is 1.62 bits per heavy atom. The molecule has 0 bridgehead atoms. The molecule has 1 aromatic heterocycles. The van der Waals surface area contributed by atoms with Crippen LogP contribution in [0.25, 0.3) is 0 Å². The van der Waals surface area contributed by atoms with E-state index in [1.165, 1.54) is 20.8 Å². The van der Waals surface area contributed by atoms with Gasteiger partial charge in [0.15, 0.2) is 6.10 Å². The van der Waals surface area contributed by atoms with Crippen molar-refractivity contribution >= 4 is 17.9 Å². The van der Waals surface area contributed by atoms with Gasteiger partial charge in [-0.1, -0.05) is 12.1 Å². The Labute approximate surface area is 138 Å². The van der Waals surface area contributed by atoms with Crippen LogP contribution in [0.3, 0.4) is 0 Å². The highest BCUT2D eigenvalue weighted by Gasteiger charge is 2.52. The summed E-state index contributed by atoms with van der Waals surface area (Å²) in [6.45, 7) is 5.47. The predicted octanol–water partition coefficient (Wildman–Crippen LogP) is 1.06. The molecular weight excluding hydrogens is 322 g/mol. The molecule has 4 unspecified atom stereocenters. The molecule has 0 aromatic carbocycles. The summed E-state index contributed by atoms with van der Waals surface area (Å²) in [6, 6.07) is 1.64. The average Bonchev–Trinajstić information content (AvgIpc) is 3.05. The van der Waals surface area contributed by atoms with E-state index in [2.05, 4.69) is 5.16 Å². The molecule has 0 radical (unpaired) electrons. The molecule has 1 fully saturated rings. The van der Waals surface area contributed by atoms with Crippen LogP contribution in [0.15, 0.2) is 10.6 Å². The monoisotopic (exact) mass is 341 g/mol. The van der Waals surface area contributed by atoms with Crippen LogP contribution in [-0.4, -0.2) is 41.6 Å². The van der Waals surface area contributed by atoms with Crippen LogP contribution in [0.5, 0.6) is 0 Å². The number of hydrogen-bond acceptors (Lipinski definition) is 9. The molecule has 2 rings (SSSR count). The van der Waals surface area contributed by atoms with Crippen LogP contribution in [-0.2, 0) is 39.8 Å². The Bertz CT molecular complexity index is 625. The van der Waals surface area contributed by atoms with Crippen molar-refractivity contribution in [3.63, 3.8) is 0 Å². The van der Waals surface area contributed by atoms with Crippen molar-refractivity contribution in [3.8, 4) is 0 Å². The zero-order valence-corrected chi connectivity index (χ0v) is 13.8. The van der Waals surface area contributed by atoms with E-state index in [0.717, 1.165) is 0 Å². The first-order valence-corrected chi connectivity index (χ1v) is 7.44. The molecule has 4 atom stereocenters. The van der Waals surface area contributed by atoms with Crippen molar-refractivity contribution in [2.24, 2.45) is 0 Å². The minimum Gasteiger partial charge on any atom is -0.455 e. The van der Waals surface area contributed by atoms with Gasteiger partial charge in [0.1, 0.15) is 17.6 Å². The Kier molecular flexibility index (Phi) is 5.55. The molecule has 1 aliphatic rings. The highest BCUT2D eigenvalue weighted by atomic mass is 16.7. The Hall–Kier alpha value is -2.42. The number of esters is 3. The molecule has 0 amide bonds. The average molecular weight is 341 g/mol. The van der Waals surface area contributed by atoms with Crippen molar-refractivity contribution in [2.45, 2.75) is 58.7 Å². The zero-order valence-electron chi connectivity index (χ0n) is 13.8. The van der Waals surface area contributed by atoms with Crippen molar-refractivity contribution in [3.05, 3.63) is 17.5 Å². The molecule has 0 spiro atoms. The smallest absolute Gasteiger partial charge is 0.305 e. The van der Waals surface area contributed by atoms with Gasteiger partial charge in [-0.2, -0.15) is 0 Å². The summed E-state index contributed by atoms with van der Waals surface area (Å²) in [5.74, 6) is -1.26. The fourth-order valence-corrected chi connectivity index (χ4v) is 2.39. The summed E-state index contributed by atoms with van der Waals surface area (Å²) in [5.41, 5.74) is 0.352. The standard InChI is InChI=1S/C15H19NO8/c1-5-10-6-11(16-24-10)12-13(20-7(2)17)14(21-8(3)18)15(23-12)22-9(4)19/h6,12-15H,5H2,1-4H3. The van der Waals surface area contributed by atoms with Gasteiger partial charge < -0.3 is 23.5 Å². The second-order valence-corrected chi connectivity index (χ2v) is 5.25. The summed E-state index contributed by atoms with van der Waals surface area (Å²) in [4.78, 5) is 34.1. The van der Waals surface area contributed by atoms with Crippen molar-refractivity contribution in [1.29, 1.82) is 0 Å². The molecule has 2 heterocycles. The van der Waals surface area contributed by atoms with Crippen LogP contribution >= 0.6 is 0 Å². The lowest BCUT2D eigenvalue weighted by molar-refractivity contribution is -0.195. The van der Waals surface area contributed by atoms with Crippen LogP contribution in [0.2, 0.25) is 0 Å². The first-order valence-electron chi connectivity index (χ1n) is 7.44. The Morgan fingerprint density at radius 1 is 1.04 bits per heavy atom. The lowest BCUT2D eigenvalue weighted by Crippen LogP contribution is -2.39. The largest absolute Gasteiger partial charge is 0.455 e. The number of carbonyl (C=O) groups excluding carboxylic acids is 3. The maximum atomic E-state index is 11.4. The zero-order chi connectivity index (χ0) is 17.9. The van der Waals surface area contributed by atoms with Gasteiger partial charge in [0.2, 0.25) is 12.4 Å². The number of rotatable bonds is 5. The summed E-state index contributed by atoms with van der Waals surface area (Å²) >= 11 is 0. The van der Waals surface area contributed by atoms with Crippen molar-refractivity contribution < 1.29 is 37.9 Å². The molecule has 1 aromatic rings. The van der Waals surface area contributed by atoms with Gasteiger partial charge in [0.05, 0.1) is 0 Å². The molecule has 9 nitrogen and oxygen atoms in total. The van der Waals surface area contributed by atoms with Gasteiger partial charge in [0.25, 0.3) is 0 Å². The lowest BCUT2D eigenvalue weighted by atomic mass is 10.1. The van der Waals surface area contributed by atoms with E-state index in [1.54, 1.807) is 6.07 Å². The number of carbonyl (C=O) groups is 3. The molecule has 24 heavy (non-hydrogen) atoms. The molecule has 0 N–H and O–H groups in total. The number of nitrogens with zero attached hydrogens (tertiary/aromatic N) is 1. The third kappa shape index (κ3) is 4.10. The summed E-state index contributed by atoms with van der Waals surface area (Å²) < 4.78 is 26.2. The summed E-state index contributed by atoms with van der Waals surface area (Å²) in [5, 5.41) is 3.88. The van der Waals surface area contributed by atoms with Crippen LogP contribution in [0, 0.1) is 0 Å². The molecule has 1 saturated heterocycles. The van der Waals surface area contributed by atoms with E-state index in [4.69, 9.17) is 23.5 Å². The Balaban J connectivity index is 2.34. The summed E-state index contributed by atoms with van der Waals surface area (Å²) in [7, 11) is 0. The van der Waals surface area contributed by atoms with Crippen LogP contribution in [0.1, 0.15) is 45.3 Å². The van der Waals surface area contributed by atoms with E-state index in [9.17, 15) is 14.4 Å². The van der Waals surface area contributed by atoms with Gasteiger partial charge in [-0.3, -0.25) is 14.4 Å². The Morgan fingerprint density at radius 3 is 2.12 bits per heavy atom. The molecular formula is C15H19NO8. The van der Waals surface area contributed by atoms with E-state index in [1.807, 2.05) is 6.92 Å². The van der Waals surface area contributed by atoms with Crippen molar-refractivity contribution in [1.82, 2.24) is 5.16 Å². The minimum atomic E-state index is -1.22. The highest BCUT2D eigenvalue weighted by molar-refractivity contribution is 5.68. The number of aromatic nitrogens is 1. The molecule has 1 aliphatic heterocycles. The van der Waals surface area contributed by atoms with E-state index in [0.29, 0.717) is 17.9 Å². The number of hydrogen-bond donors (Lipinski definition) is 0. The first-order chi connectivity index (χ1) is 11.3. The molecule has 0 saturated carbocycles. The van der Waals surface area contributed by atoms with Crippen LogP contribution in [0.4, 0.5) is 0 Å². The third-order valence-electron chi connectivity index (χ3n) is 3.27. The third-order valence-corrected chi connectivity index (χ3v) is 3.27. The normalized spacial score (nSPS) is 26.0. The van der Waals surface area contributed by atoms with Crippen LogP contribution < -0.4 is 0 Å². The predicted molar refractivity (Wildman–Crippen MR) is 76.4 cm³/mol. The van der Waals surface area contributed by atoms with Gasteiger partial charge >= 0.3 is 17.9 Å². The lowest BCUT2D eigenvalue weighted by Gasteiger charge is -2.22. The first kappa shape index (κ1) is 17.9. The maximum Gasteiger partial charge on any atom is 0.305 e. The second kappa shape index (κ2) is 7.43. The quantitative estimate of drug-likeness (QED) is 0.572. The van der Waals surface area contributed by atoms with Gasteiger partial charge in [-0.15, -0.1) is 0 Å². The highest BCUT2D eigenvalue weighted by Crippen LogP contribution is 2.37. The second-order valence-electron chi connectivity index (χ2n) is 5.25. The van der Waals surface area contributed by atoms with E-state index >= 15 is 0 Å². The van der Waals surface area contributed by atoms with E-state index in [-0.39, 0.29) is 0 Å². The van der Waals surface area contributed by atoms with E-state index < -0.39 is 42.5 Å². The number of aryl methyl sites for hydroxylation is 1. The topological polar surface area (TPSA) is 114 Å². The number of ether oxygens (including phenoxy) is 4. The van der Waals surface area contributed by atoms with Gasteiger partial charge in [-0.25, -0.2) is 0 Å².